The maximum absolute atomic E-state index is 9.06. The highest BCUT2D eigenvalue weighted by Crippen LogP contribution is 2.05. The summed E-state index contributed by atoms with van der Waals surface area (Å²) in [5.41, 5.74) is 4.34. The lowest BCUT2D eigenvalue weighted by atomic mass is 10.1. The standard InChI is InChI=1S/C15H18N2O/c1-12-5-6-15(17-8-12)10-16-9-13-3-2-4-14(7-13)11-18/h2-8,16,18H,9-11H2,1H3. The average Bonchev–Trinajstić information content (AvgIpc) is 2.41. The molecule has 0 aliphatic carbocycles. The van der Waals surface area contributed by atoms with E-state index in [0.29, 0.717) is 0 Å². The van der Waals surface area contributed by atoms with Gasteiger partial charge < -0.3 is 10.4 Å². The second-order valence-electron chi connectivity index (χ2n) is 4.41. The maximum atomic E-state index is 9.06. The molecule has 0 spiro atoms. The van der Waals surface area contributed by atoms with Crippen LogP contribution in [0.3, 0.4) is 0 Å². The molecule has 0 radical (unpaired) electrons. The molecule has 94 valence electrons. The highest BCUT2D eigenvalue weighted by molar-refractivity contribution is 5.22. The molecule has 2 rings (SSSR count). The van der Waals surface area contributed by atoms with Crippen LogP contribution < -0.4 is 5.32 Å². The Labute approximate surface area is 108 Å². The lowest BCUT2D eigenvalue weighted by Gasteiger charge is -2.06. The molecule has 0 saturated carbocycles. The van der Waals surface area contributed by atoms with Gasteiger partial charge in [0, 0.05) is 19.3 Å². The predicted octanol–water partition coefficient (Wildman–Crippen LogP) is 2.17. The van der Waals surface area contributed by atoms with Crippen LogP contribution in [0.4, 0.5) is 0 Å². The average molecular weight is 242 g/mol. The summed E-state index contributed by atoms with van der Waals surface area (Å²) in [4.78, 5) is 4.34. The first-order valence-corrected chi connectivity index (χ1v) is 6.09. The molecule has 0 bridgehead atoms. The Morgan fingerprint density at radius 3 is 2.67 bits per heavy atom. The first kappa shape index (κ1) is 12.7. The van der Waals surface area contributed by atoms with Crippen molar-refractivity contribution in [3.63, 3.8) is 0 Å². The van der Waals surface area contributed by atoms with Crippen LogP contribution in [0.25, 0.3) is 0 Å². The molecule has 0 aliphatic rings. The van der Waals surface area contributed by atoms with Crippen LogP contribution >= 0.6 is 0 Å². The van der Waals surface area contributed by atoms with E-state index in [1.54, 1.807) is 0 Å². The number of nitrogens with one attached hydrogen (secondary N) is 1. The summed E-state index contributed by atoms with van der Waals surface area (Å²) in [6.45, 7) is 3.66. The Morgan fingerprint density at radius 2 is 1.94 bits per heavy atom. The molecular weight excluding hydrogens is 224 g/mol. The molecule has 18 heavy (non-hydrogen) atoms. The number of benzene rings is 1. The molecule has 1 aromatic carbocycles. The van der Waals surface area contributed by atoms with Crippen molar-refractivity contribution in [1.29, 1.82) is 0 Å². The minimum atomic E-state index is 0.0906. The van der Waals surface area contributed by atoms with Crippen molar-refractivity contribution in [2.24, 2.45) is 0 Å². The lowest BCUT2D eigenvalue weighted by Crippen LogP contribution is -2.13. The molecule has 1 heterocycles. The minimum absolute atomic E-state index is 0.0906. The number of nitrogens with zero attached hydrogens (tertiary/aromatic N) is 1. The van der Waals surface area contributed by atoms with Crippen LogP contribution in [0, 0.1) is 6.92 Å². The quantitative estimate of drug-likeness (QED) is 0.844. The second-order valence-corrected chi connectivity index (χ2v) is 4.41. The first-order valence-electron chi connectivity index (χ1n) is 6.09. The summed E-state index contributed by atoms with van der Waals surface area (Å²) in [5.74, 6) is 0. The molecule has 0 aliphatic heterocycles. The van der Waals surface area contributed by atoms with E-state index in [1.807, 2.05) is 37.4 Å². The fraction of sp³-hybridized carbons (Fsp3) is 0.267. The van der Waals surface area contributed by atoms with Crippen molar-refractivity contribution in [3.8, 4) is 0 Å². The van der Waals surface area contributed by atoms with Gasteiger partial charge >= 0.3 is 0 Å². The van der Waals surface area contributed by atoms with E-state index in [4.69, 9.17) is 5.11 Å². The Balaban J connectivity index is 1.86. The van der Waals surface area contributed by atoms with E-state index in [9.17, 15) is 0 Å². The largest absolute Gasteiger partial charge is 0.392 e. The number of hydrogen-bond acceptors (Lipinski definition) is 3. The molecule has 0 saturated heterocycles. The van der Waals surface area contributed by atoms with Gasteiger partial charge in [-0.25, -0.2) is 0 Å². The van der Waals surface area contributed by atoms with Crippen molar-refractivity contribution in [2.75, 3.05) is 0 Å². The van der Waals surface area contributed by atoms with Crippen LogP contribution in [0.2, 0.25) is 0 Å². The Bertz CT molecular complexity index is 494. The van der Waals surface area contributed by atoms with E-state index >= 15 is 0 Å². The van der Waals surface area contributed by atoms with Crippen molar-refractivity contribution in [1.82, 2.24) is 10.3 Å². The monoisotopic (exact) mass is 242 g/mol. The van der Waals surface area contributed by atoms with Gasteiger partial charge in [-0.1, -0.05) is 30.3 Å². The molecule has 2 aromatic rings. The number of aliphatic hydroxyl groups excluding tert-OH is 1. The van der Waals surface area contributed by atoms with Crippen molar-refractivity contribution in [2.45, 2.75) is 26.6 Å². The van der Waals surface area contributed by atoms with Crippen LogP contribution in [0.5, 0.6) is 0 Å². The van der Waals surface area contributed by atoms with Gasteiger partial charge in [0.1, 0.15) is 0 Å². The van der Waals surface area contributed by atoms with Crippen molar-refractivity contribution in [3.05, 3.63) is 65.0 Å². The van der Waals surface area contributed by atoms with Gasteiger partial charge in [-0.15, -0.1) is 0 Å². The van der Waals surface area contributed by atoms with E-state index in [1.165, 1.54) is 11.1 Å². The molecule has 2 N–H and O–H groups in total. The number of rotatable bonds is 5. The number of aliphatic hydroxyl groups is 1. The highest BCUT2D eigenvalue weighted by Gasteiger charge is 1.97. The Morgan fingerprint density at radius 1 is 1.11 bits per heavy atom. The van der Waals surface area contributed by atoms with Gasteiger partial charge in [-0.2, -0.15) is 0 Å². The molecule has 0 amide bonds. The summed E-state index contributed by atoms with van der Waals surface area (Å²) >= 11 is 0. The van der Waals surface area contributed by atoms with E-state index in [2.05, 4.69) is 22.4 Å². The molecule has 3 heteroatoms. The lowest BCUT2D eigenvalue weighted by molar-refractivity contribution is 0.281. The first-order chi connectivity index (χ1) is 8.78. The number of hydrogen-bond donors (Lipinski definition) is 2. The predicted molar refractivity (Wildman–Crippen MR) is 71.9 cm³/mol. The number of aromatic nitrogens is 1. The van der Waals surface area contributed by atoms with E-state index in [0.717, 1.165) is 24.3 Å². The van der Waals surface area contributed by atoms with E-state index < -0.39 is 0 Å². The number of aryl methyl sites for hydroxylation is 1. The second kappa shape index (κ2) is 6.28. The summed E-state index contributed by atoms with van der Waals surface area (Å²) in [6.07, 6.45) is 1.88. The Kier molecular flexibility index (Phi) is 4.45. The molecular formula is C15H18N2O. The topological polar surface area (TPSA) is 45.1 Å². The van der Waals surface area contributed by atoms with E-state index in [-0.39, 0.29) is 6.61 Å². The summed E-state index contributed by atoms with van der Waals surface area (Å²) < 4.78 is 0. The van der Waals surface area contributed by atoms with Crippen LogP contribution in [0.15, 0.2) is 42.6 Å². The van der Waals surface area contributed by atoms with Gasteiger partial charge in [0.15, 0.2) is 0 Å². The Hall–Kier alpha value is -1.71. The summed E-state index contributed by atoms with van der Waals surface area (Å²) in [5, 5.41) is 12.4. The SMILES string of the molecule is Cc1ccc(CNCc2cccc(CO)c2)nc1. The molecule has 0 unspecified atom stereocenters. The number of pyridine rings is 1. The summed E-state index contributed by atoms with van der Waals surface area (Å²) in [7, 11) is 0. The molecule has 3 nitrogen and oxygen atoms in total. The fourth-order valence-corrected chi connectivity index (χ4v) is 1.78. The normalized spacial score (nSPS) is 10.6. The van der Waals surface area contributed by atoms with Crippen LogP contribution in [-0.2, 0) is 19.7 Å². The van der Waals surface area contributed by atoms with Gasteiger partial charge in [0.05, 0.1) is 12.3 Å². The molecule has 0 atom stereocenters. The fourth-order valence-electron chi connectivity index (χ4n) is 1.78. The minimum Gasteiger partial charge on any atom is -0.392 e. The zero-order chi connectivity index (χ0) is 12.8. The van der Waals surface area contributed by atoms with Crippen molar-refractivity contribution >= 4 is 0 Å². The highest BCUT2D eigenvalue weighted by atomic mass is 16.3. The van der Waals surface area contributed by atoms with Crippen LogP contribution in [0.1, 0.15) is 22.4 Å². The summed E-state index contributed by atoms with van der Waals surface area (Å²) in [6, 6.07) is 12.0. The third-order valence-electron chi connectivity index (χ3n) is 2.78. The third kappa shape index (κ3) is 3.65. The molecule has 1 aromatic heterocycles. The van der Waals surface area contributed by atoms with Gasteiger partial charge in [0.2, 0.25) is 0 Å². The zero-order valence-corrected chi connectivity index (χ0v) is 10.6. The van der Waals surface area contributed by atoms with Crippen molar-refractivity contribution < 1.29 is 5.11 Å². The van der Waals surface area contributed by atoms with Gasteiger partial charge in [-0.05, 0) is 29.7 Å². The van der Waals surface area contributed by atoms with Crippen LogP contribution in [-0.4, -0.2) is 10.1 Å². The maximum Gasteiger partial charge on any atom is 0.0681 e. The molecule has 0 fully saturated rings. The third-order valence-corrected chi connectivity index (χ3v) is 2.78. The van der Waals surface area contributed by atoms with Gasteiger partial charge in [-0.3, -0.25) is 4.98 Å². The van der Waals surface area contributed by atoms with Gasteiger partial charge in [0.25, 0.3) is 0 Å². The zero-order valence-electron chi connectivity index (χ0n) is 10.6. The smallest absolute Gasteiger partial charge is 0.0681 e.